The molecule has 2 heterocycles. The highest BCUT2D eigenvalue weighted by molar-refractivity contribution is 7.89. The molecule has 1 aliphatic heterocycles. The monoisotopic (exact) mass is 317 g/mol. The van der Waals surface area contributed by atoms with Gasteiger partial charge in [0.05, 0.1) is 19.3 Å². The first-order chi connectivity index (χ1) is 10.0. The Morgan fingerprint density at radius 2 is 2.24 bits per heavy atom. The van der Waals surface area contributed by atoms with E-state index in [1.54, 1.807) is 6.07 Å². The van der Waals surface area contributed by atoms with E-state index in [0.717, 1.165) is 13.1 Å². The zero-order valence-electron chi connectivity index (χ0n) is 12.5. The third-order valence-corrected chi connectivity index (χ3v) is 4.59. The maximum Gasteiger partial charge on any atom is 0.274 e. The van der Waals surface area contributed by atoms with Crippen LogP contribution in [0.25, 0.3) is 0 Å². The fourth-order valence-corrected chi connectivity index (χ4v) is 3.12. The number of nitrogens with zero attached hydrogens (tertiary/aromatic N) is 1. The minimum absolute atomic E-state index is 0.0560. The summed E-state index contributed by atoms with van der Waals surface area (Å²) < 4.78 is 37.7. The number of likely N-dealkylation sites (N-methyl/N-ethyl adjacent to an activating group) is 1. The number of hydrogen-bond acceptors (Lipinski definition) is 6. The first-order valence-corrected chi connectivity index (χ1v) is 8.59. The number of rotatable bonds is 7. The average molecular weight is 317 g/mol. The molecule has 1 unspecified atom stereocenters. The van der Waals surface area contributed by atoms with Crippen LogP contribution in [-0.4, -0.2) is 59.3 Å². The highest BCUT2D eigenvalue weighted by Gasteiger charge is 2.23. The van der Waals surface area contributed by atoms with E-state index in [-0.39, 0.29) is 17.7 Å². The lowest BCUT2D eigenvalue weighted by Gasteiger charge is -2.29. The lowest BCUT2D eigenvalue weighted by atomic mass is 10.3. The van der Waals surface area contributed by atoms with E-state index in [1.165, 1.54) is 6.07 Å². The van der Waals surface area contributed by atoms with Crippen LogP contribution in [0.2, 0.25) is 0 Å². The second-order valence-corrected chi connectivity index (χ2v) is 6.81. The van der Waals surface area contributed by atoms with Gasteiger partial charge in [0.15, 0.2) is 0 Å². The summed E-state index contributed by atoms with van der Waals surface area (Å²) in [7, 11) is -1.63. The van der Waals surface area contributed by atoms with Gasteiger partial charge in [-0.1, -0.05) is 6.92 Å². The van der Waals surface area contributed by atoms with Gasteiger partial charge in [0.25, 0.3) is 10.0 Å². The van der Waals surface area contributed by atoms with E-state index in [2.05, 4.69) is 14.9 Å². The van der Waals surface area contributed by atoms with Crippen LogP contribution in [0.3, 0.4) is 0 Å². The van der Waals surface area contributed by atoms with E-state index < -0.39 is 10.0 Å². The summed E-state index contributed by atoms with van der Waals surface area (Å²) in [6.45, 7) is 5.74. The molecule has 1 aliphatic rings. The van der Waals surface area contributed by atoms with Crippen molar-refractivity contribution in [3.05, 3.63) is 17.9 Å². The molecule has 120 valence electrons. The summed E-state index contributed by atoms with van der Waals surface area (Å²) in [5.41, 5.74) is 0. The van der Waals surface area contributed by atoms with Crippen LogP contribution in [0.1, 0.15) is 12.7 Å². The zero-order valence-corrected chi connectivity index (χ0v) is 13.3. The lowest BCUT2D eigenvalue weighted by Crippen LogP contribution is -2.45. The molecule has 0 aromatic carbocycles. The summed E-state index contributed by atoms with van der Waals surface area (Å²) in [5, 5.41) is 3.03. The molecule has 1 aromatic rings. The van der Waals surface area contributed by atoms with Gasteiger partial charge in [-0.15, -0.1) is 0 Å². The summed E-state index contributed by atoms with van der Waals surface area (Å²) in [6.07, 6.45) is -0.130. The maximum absolute atomic E-state index is 12.1. The zero-order chi connectivity index (χ0) is 15.3. The van der Waals surface area contributed by atoms with Gasteiger partial charge in [0, 0.05) is 19.6 Å². The molecule has 0 saturated carbocycles. The largest absolute Gasteiger partial charge is 0.447 e. The van der Waals surface area contributed by atoms with E-state index in [0.29, 0.717) is 25.5 Å². The molecular weight excluding hydrogens is 294 g/mol. The highest BCUT2D eigenvalue weighted by atomic mass is 32.2. The van der Waals surface area contributed by atoms with Gasteiger partial charge in [0.2, 0.25) is 5.09 Å². The van der Waals surface area contributed by atoms with Crippen LogP contribution in [0.4, 0.5) is 0 Å². The van der Waals surface area contributed by atoms with Crippen LogP contribution >= 0.6 is 0 Å². The molecule has 0 bridgehead atoms. The minimum atomic E-state index is -3.62. The summed E-state index contributed by atoms with van der Waals surface area (Å²) in [5.74, 6) is 0.603. The van der Waals surface area contributed by atoms with Crippen molar-refractivity contribution in [1.29, 1.82) is 0 Å². The van der Waals surface area contributed by atoms with Crippen LogP contribution in [0, 0.1) is 0 Å². The van der Waals surface area contributed by atoms with Crippen molar-refractivity contribution in [2.45, 2.75) is 24.7 Å². The SMILES string of the molecule is CCNCc1ccc(S(=O)(=O)NCC2CN(C)CCO2)o1. The smallest absolute Gasteiger partial charge is 0.274 e. The Morgan fingerprint density at radius 3 is 2.95 bits per heavy atom. The van der Waals surface area contributed by atoms with E-state index in [4.69, 9.17) is 9.15 Å². The van der Waals surface area contributed by atoms with E-state index >= 15 is 0 Å². The first-order valence-electron chi connectivity index (χ1n) is 7.10. The maximum atomic E-state index is 12.1. The van der Waals surface area contributed by atoms with Gasteiger partial charge in [-0.05, 0) is 25.7 Å². The molecule has 1 aromatic heterocycles. The minimum Gasteiger partial charge on any atom is -0.447 e. The first kappa shape index (κ1) is 16.4. The van der Waals surface area contributed by atoms with Crippen molar-refractivity contribution < 1.29 is 17.6 Å². The Kier molecular flexibility index (Phi) is 5.77. The van der Waals surface area contributed by atoms with Gasteiger partial charge in [-0.3, -0.25) is 0 Å². The van der Waals surface area contributed by atoms with Gasteiger partial charge < -0.3 is 19.4 Å². The normalized spacial score (nSPS) is 20.8. The Hall–Kier alpha value is -0.930. The fourth-order valence-electron chi connectivity index (χ4n) is 2.11. The highest BCUT2D eigenvalue weighted by Crippen LogP contribution is 2.14. The van der Waals surface area contributed by atoms with Crippen molar-refractivity contribution >= 4 is 10.0 Å². The van der Waals surface area contributed by atoms with E-state index in [1.807, 2.05) is 14.0 Å². The van der Waals surface area contributed by atoms with Crippen molar-refractivity contribution in [2.24, 2.45) is 0 Å². The molecule has 21 heavy (non-hydrogen) atoms. The van der Waals surface area contributed by atoms with Crippen molar-refractivity contribution in [3.8, 4) is 0 Å². The number of furan rings is 1. The Bertz CT molecular complexity index is 543. The molecule has 0 spiro atoms. The summed E-state index contributed by atoms with van der Waals surface area (Å²) >= 11 is 0. The molecule has 1 saturated heterocycles. The van der Waals surface area contributed by atoms with Crippen LogP contribution in [0.15, 0.2) is 21.6 Å². The molecule has 2 N–H and O–H groups in total. The lowest BCUT2D eigenvalue weighted by molar-refractivity contribution is -0.0156. The number of sulfonamides is 1. The van der Waals surface area contributed by atoms with Gasteiger partial charge in [-0.2, -0.15) is 0 Å². The Balaban J connectivity index is 1.90. The topological polar surface area (TPSA) is 83.8 Å². The second kappa shape index (κ2) is 7.37. The summed E-state index contributed by atoms with van der Waals surface area (Å²) in [6, 6.07) is 3.14. The number of nitrogens with one attached hydrogen (secondary N) is 2. The molecule has 8 heteroatoms. The molecule has 1 atom stereocenters. The number of morpholine rings is 1. The molecule has 0 radical (unpaired) electrons. The molecule has 2 rings (SSSR count). The molecule has 0 aliphatic carbocycles. The van der Waals surface area contributed by atoms with Gasteiger partial charge in [-0.25, -0.2) is 13.1 Å². The second-order valence-electron chi connectivity index (χ2n) is 5.11. The van der Waals surface area contributed by atoms with Crippen LogP contribution in [-0.2, 0) is 21.3 Å². The quantitative estimate of drug-likeness (QED) is 0.736. The molecule has 0 amide bonds. The van der Waals surface area contributed by atoms with Crippen LogP contribution < -0.4 is 10.0 Å². The fraction of sp³-hybridized carbons (Fsp3) is 0.692. The average Bonchev–Trinajstić information content (AvgIpc) is 2.93. The van der Waals surface area contributed by atoms with Crippen molar-refractivity contribution in [2.75, 3.05) is 39.8 Å². The molecular formula is C13H23N3O4S. The molecule has 7 nitrogen and oxygen atoms in total. The molecule has 1 fully saturated rings. The van der Waals surface area contributed by atoms with Gasteiger partial charge >= 0.3 is 0 Å². The third kappa shape index (κ3) is 4.79. The summed E-state index contributed by atoms with van der Waals surface area (Å²) in [4.78, 5) is 2.11. The predicted octanol–water partition coefficient (Wildman–Crippen LogP) is -0.00200. The van der Waals surface area contributed by atoms with Crippen LogP contribution in [0.5, 0.6) is 0 Å². The Morgan fingerprint density at radius 1 is 1.43 bits per heavy atom. The van der Waals surface area contributed by atoms with E-state index in [9.17, 15) is 8.42 Å². The van der Waals surface area contributed by atoms with Gasteiger partial charge in [0.1, 0.15) is 5.76 Å². The number of ether oxygens (including phenoxy) is 1. The van der Waals surface area contributed by atoms with Crippen molar-refractivity contribution in [1.82, 2.24) is 14.9 Å². The standard InChI is InChI=1S/C13H23N3O4S/c1-3-14-8-11-4-5-13(20-11)21(17,18)15-9-12-10-16(2)6-7-19-12/h4-5,12,14-15H,3,6-10H2,1-2H3. The Labute approximate surface area is 125 Å². The number of hydrogen-bond donors (Lipinski definition) is 2. The van der Waals surface area contributed by atoms with Crippen molar-refractivity contribution in [3.63, 3.8) is 0 Å². The third-order valence-electron chi connectivity index (χ3n) is 3.29. The predicted molar refractivity (Wildman–Crippen MR) is 78.5 cm³/mol.